The molecule has 0 fully saturated rings. The predicted octanol–water partition coefficient (Wildman–Crippen LogP) is 24.3. The summed E-state index contributed by atoms with van der Waals surface area (Å²) in [5.41, 5.74) is 0. The lowest BCUT2D eigenvalue weighted by Crippen LogP contribution is -2.30. The molecule has 0 aromatic carbocycles. The monoisotopic (exact) mass is 1490 g/mol. The first-order chi connectivity index (χ1) is 49.6. The lowest BCUT2D eigenvalue weighted by atomic mass is 10.00. The summed E-state index contributed by atoms with van der Waals surface area (Å²) in [6, 6.07) is 0. The third-order valence-electron chi connectivity index (χ3n) is 18.6. The number of aliphatic hydroxyl groups is 1. The van der Waals surface area contributed by atoms with E-state index in [2.05, 4.69) is 83.2 Å². The Morgan fingerprint density at radius 2 is 0.549 bits per heavy atom. The van der Waals surface area contributed by atoms with Gasteiger partial charge in [-0.05, 0) is 83.0 Å². The van der Waals surface area contributed by atoms with Crippen molar-refractivity contribution in [3.63, 3.8) is 0 Å². The zero-order valence-electron chi connectivity index (χ0n) is 65.7. The van der Waals surface area contributed by atoms with Gasteiger partial charge < -0.3 is 33.8 Å². The van der Waals surface area contributed by atoms with Gasteiger partial charge >= 0.3 is 39.5 Å². The van der Waals surface area contributed by atoms with Crippen molar-refractivity contribution in [2.45, 2.75) is 412 Å². The van der Waals surface area contributed by atoms with E-state index in [0.717, 1.165) is 134 Å². The Balaban J connectivity index is 5.27. The number of ether oxygens (including phenoxy) is 4. The molecule has 3 unspecified atom stereocenters. The van der Waals surface area contributed by atoms with E-state index >= 15 is 0 Å². The summed E-state index contributed by atoms with van der Waals surface area (Å²) in [5.74, 6) is -1.44. The lowest BCUT2D eigenvalue weighted by molar-refractivity contribution is -0.161. The minimum atomic E-state index is -4.97. The van der Waals surface area contributed by atoms with Crippen molar-refractivity contribution in [2.24, 2.45) is 5.92 Å². The Labute approximate surface area is 623 Å². The number of unbranched alkanes of at least 4 members (excludes halogenated alkanes) is 44. The molecule has 0 aliphatic rings. The summed E-state index contributed by atoms with van der Waals surface area (Å²) in [5, 5.41) is 10.6. The zero-order chi connectivity index (χ0) is 74.8. The highest BCUT2D eigenvalue weighted by Crippen LogP contribution is 2.45. The number of hydrogen-bond acceptors (Lipinski definition) is 15. The van der Waals surface area contributed by atoms with Crippen molar-refractivity contribution in [3.8, 4) is 0 Å². The molecule has 3 N–H and O–H groups in total. The molecule has 0 bridgehead atoms. The van der Waals surface area contributed by atoms with Crippen molar-refractivity contribution < 1.29 is 80.2 Å². The van der Waals surface area contributed by atoms with Gasteiger partial charge in [0.25, 0.3) is 0 Å². The van der Waals surface area contributed by atoms with Crippen LogP contribution >= 0.6 is 15.6 Å². The van der Waals surface area contributed by atoms with Gasteiger partial charge in [-0.3, -0.25) is 37.3 Å². The van der Waals surface area contributed by atoms with Crippen LogP contribution in [0.3, 0.4) is 0 Å². The van der Waals surface area contributed by atoms with Gasteiger partial charge in [-0.2, -0.15) is 0 Å². The topological polar surface area (TPSA) is 237 Å². The number of phosphoric ester groups is 2. The molecule has 598 valence electrons. The van der Waals surface area contributed by atoms with Crippen LogP contribution in [0, 0.1) is 5.92 Å². The van der Waals surface area contributed by atoms with Gasteiger partial charge in [-0.1, -0.05) is 340 Å². The summed E-state index contributed by atoms with van der Waals surface area (Å²) in [4.78, 5) is 73.0. The number of esters is 4. The standard InChI is InChI=1S/C83H154O17P2/c1-6-10-13-16-19-22-25-28-31-32-33-34-35-36-37-40-43-46-49-52-59-64-68-82(87)99-78(72-93-80(85)66-61-56-50-47-44-41-38-29-26-23-20-17-14-11-7-2)74-97-101(89,90)95-70-77(84)71-96-102(91,92)98-75-79(73-94-81(86)67-62-57-54-53-55-60-65-76(5)9-4)100-83(88)69-63-58-51-48-45-42-39-30-27-24-21-18-15-12-8-3/h23-24,26-27,29-30,38-39,76-79,84H,6-22,25,28,31-37,40-75H2,1-5H3,(H,89,90)(H,91,92)/b26-23-,27-24-,38-29-,39-30-/t76?,77-,78-,79-/m1/s1. The Morgan fingerprint density at radius 1 is 0.314 bits per heavy atom. The van der Waals surface area contributed by atoms with Crippen LogP contribution in [0.4, 0.5) is 0 Å². The normalized spacial score (nSPS) is 14.4. The second-order valence-electron chi connectivity index (χ2n) is 28.7. The minimum Gasteiger partial charge on any atom is -0.462 e. The molecule has 0 rings (SSSR count). The first kappa shape index (κ1) is 99.0. The second-order valence-corrected chi connectivity index (χ2v) is 31.6. The Bertz CT molecular complexity index is 2140. The maximum absolute atomic E-state index is 13.1. The van der Waals surface area contributed by atoms with Crippen LogP contribution in [0.5, 0.6) is 0 Å². The molecular formula is C83H154O17P2. The van der Waals surface area contributed by atoms with Gasteiger partial charge in [0.05, 0.1) is 26.4 Å². The van der Waals surface area contributed by atoms with Crippen molar-refractivity contribution in [2.75, 3.05) is 39.6 Å². The minimum absolute atomic E-state index is 0.0821. The van der Waals surface area contributed by atoms with E-state index in [4.69, 9.17) is 37.0 Å². The molecule has 0 saturated heterocycles. The Kier molecular flexibility index (Phi) is 72.7. The van der Waals surface area contributed by atoms with Crippen LogP contribution in [0.2, 0.25) is 0 Å². The van der Waals surface area contributed by atoms with E-state index in [-0.39, 0.29) is 25.7 Å². The summed E-state index contributed by atoms with van der Waals surface area (Å²) >= 11 is 0. The quantitative estimate of drug-likeness (QED) is 0.0169. The molecule has 0 aliphatic heterocycles. The van der Waals surface area contributed by atoms with Gasteiger partial charge in [-0.15, -0.1) is 0 Å². The number of phosphoric acid groups is 2. The van der Waals surface area contributed by atoms with Crippen molar-refractivity contribution >= 4 is 39.5 Å². The van der Waals surface area contributed by atoms with Crippen molar-refractivity contribution in [3.05, 3.63) is 48.6 Å². The Morgan fingerprint density at radius 3 is 0.833 bits per heavy atom. The number of hydrogen-bond donors (Lipinski definition) is 3. The van der Waals surface area contributed by atoms with Gasteiger partial charge in [0.2, 0.25) is 0 Å². The maximum atomic E-state index is 13.1. The molecule has 17 nitrogen and oxygen atoms in total. The number of carbonyl (C=O) groups is 4. The molecule has 102 heavy (non-hydrogen) atoms. The highest BCUT2D eigenvalue weighted by molar-refractivity contribution is 7.47. The Hall–Kier alpha value is -2.98. The van der Waals surface area contributed by atoms with Crippen LogP contribution in [-0.2, 0) is 65.4 Å². The third-order valence-corrected chi connectivity index (χ3v) is 20.5. The molecule has 0 aliphatic carbocycles. The number of aliphatic hydroxyl groups excluding tert-OH is 1. The van der Waals surface area contributed by atoms with Gasteiger partial charge in [0.1, 0.15) is 19.3 Å². The van der Waals surface area contributed by atoms with Crippen LogP contribution in [0.25, 0.3) is 0 Å². The van der Waals surface area contributed by atoms with E-state index in [1.54, 1.807) is 0 Å². The molecule has 0 aromatic heterocycles. The summed E-state index contributed by atoms with van der Waals surface area (Å²) < 4.78 is 68.6. The first-order valence-electron chi connectivity index (χ1n) is 41.8. The zero-order valence-corrected chi connectivity index (χ0v) is 67.5. The second kappa shape index (κ2) is 74.9. The van der Waals surface area contributed by atoms with Gasteiger partial charge in [0, 0.05) is 25.7 Å². The van der Waals surface area contributed by atoms with Crippen molar-refractivity contribution in [1.29, 1.82) is 0 Å². The highest BCUT2D eigenvalue weighted by Gasteiger charge is 2.30. The lowest BCUT2D eigenvalue weighted by Gasteiger charge is -2.21. The van der Waals surface area contributed by atoms with E-state index in [0.29, 0.717) is 25.7 Å². The molecule has 0 amide bonds. The van der Waals surface area contributed by atoms with Gasteiger partial charge in [-0.25, -0.2) is 9.13 Å². The average molecular weight is 1490 g/mol. The fraction of sp³-hybridized carbons (Fsp3) is 0.855. The van der Waals surface area contributed by atoms with Crippen LogP contribution in [0.1, 0.15) is 394 Å². The molecule has 0 spiro atoms. The predicted molar refractivity (Wildman–Crippen MR) is 418 cm³/mol. The number of carbonyl (C=O) groups excluding carboxylic acids is 4. The SMILES string of the molecule is CCCCCC/C=C\C=C/CCCCCCCC(=O)OC[C@H](COP(=O)(O)OC[C@@H](O)COP(=O)(O)OC[C@@H](COC(=O)CCCCCCCCC(C)CC)OC(=O)CCCCCCC/C=C\C=C/CCCCCC)OC(=O)CCCCCCCCCCCCCCCCCCCCCCCC. The molecule has 19 heteroatoms. The third kappa shape index (κ3) is 73.9. The molecule has 0 saturated carbocycles. The summed E-state index contributed by atoms with van der Waals surface area (Å²) in [6.45, 7) is 7.15. The van der Waals surface area contributed by atoms with E-state index in [1.807, 2.05) is 0 Å². The van der Waals surface area contributed by atoms with Gasteiger partial charge in [0.15, 0.2) is 12.2 Å². The fourth-order valence-corrected chi connectivity index (χ4v) is 13.4. The molecular weight excluding hydrogens is 1330 g/mol. The van der Waals surface area contributed by atoms with E-state index in [1.165, 1.54) is 180 Å². The molecule has 0 heterocycles. The van der Waals surface area contributed by atoms with E-state index in [9.17, 15) is 43.2 Å². The summed E-state index contributed by atoms with van der Waals surface area (Å²) in [6.07, 6.45) is 72.6. The molecule has 0 aromatic rings. The first-order valence-corrected chi connectivity index (χ1v) is 44.8. The summed E-state index contributed by atoms with van der Waals surface area (Å²) in [7, 11) is -9.95. The maximum Gasteiger partial charge on any atom is 0.472 e. The highest BCUT2D eigenvalue weighted by atomic mass is 31.2. The van der Waals surface area contributed by atoms with E-state index < -0.39 is 97.5 Å². The van der Waals surface area contributed by atoms with Crippen LogP contribution < -0.4 is 0 Å². The van der Waals surface area contributed by atoms with Crippen LogP contribution in [-0.4, -0.2) is 96.7 Å². The molecule has 6 atom stereocenters. The number of rotatable bonds is 79. The molecule has 0 radical (unpaired) electrons. The average Bonchev–Trinajstić information content (AvgIpc) is 0.953. The van der Waals surface area contributed by atoms with Crippen LogP contribution in [0.15, 0.2) is 48.6 Å². The fourth-order valence-electron chi connectivity index (χ4n) is 11.8. The number of allylic oxidation sites excluding steroid dienone is 8. The largest absolute Gasteiger partial charge is 0.472 e. The van der Waals surface area contributed by atoms with Crippen molar-refractivity contribution in [1.82, 2.24) is 0 Å². The smallest absolute Gasteiger partial charge is 0.462 e.